The van der Waals surface area contributed by atoms with Crippen molar-refractivity contribution in [2.24, 2.45) is 0 Å². The monoisotopic (exact) mass is 244 g/mol. The molecule has 0 bridgehead atoms. The first-order chi connectivity index (χ1) is 5.86. The van der Waals surface area contributed by atoms with Crippen molar-refractivity contribution < 1.29 is 26.3 Å². The second-order valence-corrected chi connectivity index (χ2v) is 2.59. The maximum absolute atomic E-state index is 10.1. The zero-order valence-corrected chi connectivity index (χ0v) is 9.12. The van der Waals surface area contributed by atoms with E-state index < -0.39 is 0 Å². The highest BCUT2D eigenvalue weighted by Crippen LogP contribution is 1.99. The molecule has 0 aliphatic heterocycles. The first kappa shape index (κ1) is 12.1. The number of anilines is 1. The molecule has 0 radical (unpaired) electrons. The van der Waals surface area contributed by atoms with E-state index >= 15 is 0 Å². The van der Waals surface area contributed by atoms with Gasteiger partial charge in [-0.2, -0.15) is 0 Å². The first-order valence-corrected chi connectivity index (χ1v) is 4.06. The van der Waals surface area contributed by atoms with E-state index in [9.17, 15) is 4.79 Å². The Kier molecular flexibility index (Phi) is 6.14. The maximum atomic E-state index is 10.1. The number of hydrogen-bond donors (Lipinski definition) is 1. The van der Waals surface area contributed by atoms with Gasteiger partial charge in [0, 0.05) is 12.5 Å². The summed E-state index contributed by atoms with van der Waals surface area (Å²) in [4.78, 5) is 10.1. The molecule has 1 aromatic rings. The van der Waals surface area contributed by atoms with E-state index in [2.05, 4.69) is 12.2 Å². The van der Waals surface area contributed by atoms with Crippen LogP contribution in [-0.2, 0) is 11.3 Å². The lowest BCUT2D eigenvalue weighted by atomic mass is 10.4. The fourth-order valence-electron chi connectivity index (χ4n) is 1.07. The lowest BCUT2D eigenvalue weighted by Crippen LogP contribution is -3.00. The highest BCUT2D eigenvalue weighted by atomic mass is 79.9. The van der Waals surface area contributed by atoms with Crippen molar-refractivity contribution in [1.82, 2.24) is 0 Å². The van der Waals surface area contributed by atoms with Gasteiger partial charge >= 0.3 is 0 Å². The second-order valence-electron chi connectivity index (χ2n) is 2.59. The maximum Gasteiger partial charge on any atom is 0.211 e. The van der Waals surface area contributed by atoms with E-state index in [4.69, 9.17) is 0 Å². The predicted molar refractivity (Wildman–Crippen MR) is 46.6 cm³/mol. The molecular formula is C9H13BrN2O. The van der Waals surface area contributed by atoms with Crippen LogP contribution in [0.25, 0.3) is 0 Å². The number of nitrogens with zero attached hydrogens (tertiary/aromatic N) is 1. The Morgan fingerprint density at radius 1 is 1.62 bits per heavy atom. The molecule has 0 aromatic carbocycles. The van der Waals surface area contributed by atoms with Crippen LogP contribution in [0.15, 0.2) is 24.5 Å². The number of rotatable bonds is 4. The molecule has 0 saturated heterocycles. The highest BCUT2D eigenvalue weighted by Gasteiger charge is 1.98. The molecule has 0 unspecified atom stereocenters. The Hall–Kier alpha value is -0.900. The van der Waals surface area contributed by atoms with Gasteiger partial charge in [-0.25, -0.2) is 4.57 Å². The molecule has 13 heavy (non-hydrogen) atoms. The van der Waals surface area contributed by atoms with Gasteiger partial charge in [0.05, 0.1) is 0 Å². The van der Waals surface area contributed by atoms with Crippen molar-refractivity contribution in [2.45, 2.75) is 19.9 Å². The molecule has 3 nitrogen and oxygen atoms in total. The largest absolute Gasteiger partial charge is 1.00 e. The third-order valence-electron chi connectivity index (χ3n) is 1.57. The number of aromatic nitrogens is 1. The van der Waals surface area contributed by atoms with Crippen LogP contribution >= 0.6 is 0 Å². The zero-order chi connectivity index (χ0) is 8.81. The topological polar surface area (TPSA) is 33.0 Å². The molecule has 0 saturated carbocycles. The van der Waals surface area contributed by atoms with E-state index in [1.807, 2.05) is 29.1 Å². The average molecular weight is 245 g/mol. The molecule has 0 spiro atoms. The molecule has 1 aromatic heterocycles. The van der Waals surface area contributed by atoms with Gasteiger partial charge in [0.1, 0.15) is 12.2 Å². The van der Waals surface area contributed by atoms with Gasteiger partial charge in [-0.1, -0.05) is 6.92 Å². The molecule has 0 aliphatic carbocycles. The number of carbonyl (C=O) groups is 1. The Bertz CT molecular complexity index is 266. The van der Waals surface area contributed by atoms with Gasteiger partial charge in [0.15, 0.2) is 12.4 Å². The molecule has 0 atom stereocenters. The minimum Gasteiger partial charge on any atom is -1.00 e. The van der Waals surface area contributed by atoms with E-state index in [-0.39, 0.29) is 17.0 Å². The van der Waals surface area contributed by atoms with Crippen molar-refractivity contribution in [3.8, 4) is 0 Å². The van der Waals surface area contributed by atoms with Crippen molar-refractivity contribution in [1.29, 1.82) is 0 Å². The lowest BCUT2D eigenvalue weighted by molar-refractivity contribution is -0.696. The van der Waals surface area contributed by atoms with Gasteiger partial charge in [0.25, 0.3) is 0 Å². The highest BCUT2D eigenvalue weighted by molar-refractivity contribution is 5.69. The van der Waals surface area contributed by atoms with Crippen molar-refractivity contribution in [3.05, 3.63) is 24.5 Å². The summed E-state index contributed by atoms with van der Waals surface area (Å²) in [6, 6.07) is 3.78. The summed E-state index contributed by atoms with van der Waals surface area (Å²) >= 11 is 0. The third kappa shape index (κ3) is 4.03. The van der Waals surface area contributed by atoms with Gasteiger partial charge in [0.2, 0.25) is 6.41 Å². The molecule has 1 heterocycles. The number of nitrogens with one attached hydrogen (secondary N) is 1. The SMILES string of the molecule is CCC[n+]1cccc(NC=O)c1.[Br-]. The Labute approximate surface area is 88.5 Å². The predicted octanol–water partition coefficient (Wildman–Crippen LogP) is -2.04. The van der Waals surface area contributed by atoms with E-state index in [1.165, 1.54) is 0 Å². The van der Waals surface area contributed by atoms with Crippen molar-refractivity contribution in [2.75, 3.05) is 5.32 Å². The van der Waals surface area contributed by atoms with Crippen LogP contribution in [0.2, 0.25) is 0 Å². The minimum atomic E-state index is 0. The molecule has 1 N–H and O–H groups in total. The second kappa shape index (κ2) is 6.60. The number of carbonyl (C=O) groups excluding carboxylic acids is 1. The van der Waals surface area contributed by atoms with E-state index in [0.29, 0.717) is 6.41 Å². The molecule has 1 amide bonds. The van der Waals surface area contributed by atoms with Gasteiger partial charge in [-0.05, 0) is 6.07 Å². The Balaban J connectivity index is 0.00000144. The van der Waals surface area contributed by atoms with E-state index in [1.54, 1.807) is 0 Å². The summed E-state index contributed by atoms with van der Waals surface area (Å²) in [6.45, 7) is 3.10. The summed E-state index contributed by atoms with van der Waals surface area (Å²) in [6.07, 6.45) is 5.68. The number of hydrogen-bond acceptors (Lipinski definition) is 1. The third-order valence-corrected chi connectivity index (χ3v) is 1.57. The lowest BCUT2D eigenvalue weighted by Gasteiger charge is -1.96. The smallest absolute Gasteiger partial charge is 0.211 e. The standard InChI is InChI=1S/C9H12N2O.BrH/c1-2-5-11-6-3-4-9(7-11)10-8-12;/h3-4,6-8H,2,5H2,1H3;1H. The van der Waals surface area contributed by atoms with Crippen LogP contribution in [-0.4, -0.2) is 6.41 Å². The summed E-state index contributed by atoms with van der Waals surface area (Å²) in [7, 11) is 0. The van der Waals surface area contributed by atoms with Crippen LogP contribution < -0.4 is 26.9 Å². The molecular weight excluding hydrogens is 232 g/mol. The summed E-state index contributed by atoms with van der Waals surface area (Å²) < 4.78 is 2.05. The number of halogens is 1. The fraction of sp³-hybridized carbons (Fsp3) is 0.333. The van der Waals surface area contributed by atoms with Crippen LogP contribution in [0.5, 0.6) is 0 Å². The van der Waals surface area contributed by atoms with Gasteiger partial charge in [-0.15, -0.1) is 0 Å². The van der Waals surface area contributed by atoms with Crippen LogP contribution in [0, 0.1) is 0 Å². The Morgan fingerprint density at radius 2 is 2.38 bits per heavy atom. The summed E-state index contributed by atoms with van der Waals surface area (Å²) in [5.41, 5.74) is 0.834. The number of pyridine rings is 1. The molecule has 0 fully saturated rings. The van der Waals surface area contributed by atoms with Crippen LogP contribution in [0.1, 0.15) is 13.3 Å². The number of aryl methyl sites for hydroxylation is 1. The molecule has 72 valence electrons. The minimum absolute atomic E-state index is 0. The van der Waals surface area contributed by atoms with Crippen molar-refractivity contribution >= 4 is 12.1 Å². The van der Waals surface area contributed by atoms with Gasteiger partial charge in [-0.3, -0.25) is 4.79 Å². The average Bonchev–Trinajstić information content (AvgIpc) is 2.06. The van der Waals surface area contributed by atoms with Crippen LogP contribution in [0.4, 0.5) is 5.69 Å². The van der Waals surface area contributed by atoms with Crippen LogP contribution in [0.3, 0.4) is 0 Å². The summed E-state index contributed by atoms with van der Waals surface area (Å²) in [5.74, 6) is 0. The zero-order valence-electron chi connectivity index (χ0n) is 7.53. The molecule has 4 heteroatoms. The quantitative estimate of drug-likeness (QED) is 0.481. The first-order valence-electron chi connectivity index (χ1n) is 4.06. The number of amides is 1. The van der Waals surface area contributed by atoms with Crippen molar-refractivity contribution in [3.63, 3.8) is 0 Å². The molecule has 1 rings (SSSR count). The normalized spacial score (nSPS) is 8.69. The fourth-order valence-corrected chi connectivity index (χ4v) is 1.07. The summed E-state index contributed by atoms with van der Waals surface area (Å²) in [5, 5.41) is 2.60. The molecule has 0 aliphatic rings. The van der Waals surface area contributed by atoms with Gasteiger partial charge < -0.3 is 22.3 Å². The van der Waals surface area contributed by atoms with E-state index in [0.717, 1.165) is 18.7 Å². The Morgan fingerprint density at radius 3 is 3.00 bits per heavy atom.